The molecular formula is C11H5Cl2N3O2. The molecule has 1 aromatic heterocycles. The van der Waals surface area contributed by atoms with Crippen LogP contribution in [0.15, 0.2) is 24.3 Å². The predicted octanol–water partition coefficient (Wildman–Crippen LogP) is 3.77. The van der Waals surface area contributed by atoms with Crippen LogP contribution in [0.4, 0.5) is 5.82 Å². The molecule has 2 aromatic rings. The first-order valence-corrected chi connectivity index (χ1v) is 5.51. The number of halogens is 2. The highest BCUT2D eigenvalue weighted by atomic mass is 35.5. The molecule has 18 heavy (non-hydrogen) atoms. The molecule has 0 fully saturated rings. The van der Waals surface area contributed by atoms with Crippen molar-refractivity contribution in [2.45, 2.75) is 0 Å². The number of nitrogens with zero attached hydrogens (tertiary/aromatic N) is 2. The van der Waals surface area contributed by atoms with Gasteiger partial charge in [-0.3, -0.25) is 0 Å². The van der Waals surface area contributed by atoms with E-state index in [1.165, 1.54) is 18.2 Å². The van der Waals surface area contributed by atoms with Crippen molar-refractivity contribution in [3.8, 4) is 17.3 Å². The van der Waals surface area contributed by atoms with Gasteiger partial charge in [0, 0.05) is 5.56 Å². The molecule has 2 rings (SSSR count). The Balaban J connectivity index is 2.53. The van der Waals surface area contributed by atoms with E-state index in [1.807, 2.05) is 6.07 Å². The average molecular weight is 282 g/mol. The van der Waals surface area contributed by atoms with Gasteiger partial charge in [-0.15, -0.1) is 0 Å². The Labute approximate surface area is 112 Å². The van der Waals surface area contributed by atoms with Crippen molar-refractivity contribution in [2.75, 3.05) is 0 Å². The Morgan fingerprint density at radius 3 is 2.50 bits per heavy atom. The van der Waals surface area contributed by atoms with Gasteiger partial charge in [0.15, 0.2) is 5.69 Å². The fourth-order valence-electron chi connectivity index (χ4n) is 1.49. The zero-order valence-corrected chi connectivity index (χ0v) is 10.3. The van der Waals surface area contributed by atoms with Gasteiger partial charge >= 0.3 is 5.82 Å². The highest BCUT2D eigenvalue weighted by Crippen LogP contribution is 2.32. The molecule has 1 aromatic carbocycles. The third-order valence-corrected chi connectivity index (χ3v) is 2.94. The molecule has 0 aliphatic rings. The van der Waals surface area contributed by atoms with Gasteiger partial charge in [0.2, 0.25) is 0 Å². The van der Waals surface area contributed by atoms with Crippen molar-refractivity contribution in [3.05, 3.63) is 50.0 Å². The lowest BCUT2D eigenvalue weighted by molar-refractivity contribution is -0.389. The highest BCUT2D eigenvalue weighted by molar-refractivity contribution is 6.34. The second kappa shape index (κ2) is 4.69. The summed E-state index contributed by atoms with van der Waals surface area (Å²) in [6.45, 7) is 0. The number of hydrogen-bond acceptors (Lipinski definition) is 3. The maximum absolute atomic E-state index is 10.6. The van der Waals surface area contributed by atoms with Crippen LogP contribution in [0.5, 0.6) is 0 Å². The van der Waals surface area contributed by atoms with Crippen LogP contribution in [0.2, 0.25) is 10.0 Å². The molecule has 7 heteroatoms. The van der Waals surface area contributed by atoms with E-state index in [-0.39, 0.29) is 15.9 Å². The maximum Gasteiger partial charge on any atom is 0.322 e. The molecule has 0 aliphatic carbocycles. The van der Waals surface area contributed by atoms with Gasteiger partial charge in [0.1, 0.15) is 6.07 Å². The summed E-state index contributed by atoms with van der Waals surface area (Å²) in [5.41, 5.74) is 1.31. The average Bonchev–Trinajstić information content (AvgIpc) is 2.71. The van der Waals surface area contributed by atoms with Crippen LogP contribution in [-0.4, -0.2) is 9.91 Å². The number of H-pyrrole nitrogens is 1. The summed E-state index contributed by atoms with van der Waals surface area (Å²) in [5.74, 6) is -0.199. The number of nitrogens with one attached hydrogen (secondary N) is 1. The Kier molecular flexibility index (Phi) is 3.24. The largest absolute Gasteiger partial charge is 0.358 e. The number of nitriles is 1. The molecular weight excluding hydrogens is 277 g/mol. The summed E-state index contributed by atoms with van der Waals surface area (Å²) < 4.78 is 0. The molecule has 5 nitrogen and oxygen atoms in total. The van der Waals surface area contributed by atoms with Crippen LogP contribution >= 0.6 is 23.2 Å². The SMILES string of the molecule is N#Cc1ccc(-c2[nH]c([N+](=O)[O-])cc2Cl)cc1Cl. The van der Waals surface area contributed by atoms with Gasteiger partial charge in [0.05, 0.1) is 21.7 Å². The summed E-state index contributed by atoms with van der Waals surface area (Å²) in [4.78, 5) is 12.6. The Morgan fingerprint density at radius 1 is 1.28 bits per heavy atom. The van der Waals surface area contributed by atoms with E-state index in [0.717, 1.165) is 0 Å². The molecule has 0 saturated carbocycles. The lowest BCUT2D eigenvalue weighted by Crippen LogP contribution is -1.87. The van der Waals surface area contributed by atoms with Gasteiger partial charge in [-0.2, -0.15) is 5.26 Å². The first-order valence-electron chi connectivity index (χ1n) is 4.76. The van der Waals surface area contributed by atoms with E-state index >= 15 is 0 Å². The first kappa shape index (κ1) is 12.4. The minimum Gasteiger partial charge on any atom is -0.358 e. The van der Waals surface area contributed by atoms with Crippen LogP contribution in [0.25, 0.3) is 11.3 Å². The van der Waals surface area contributed by atoms with Crippen LogP contribution in [0.1, 0.15) is 5.56 Å². The predicted molar refractivity (Wildman–Crippen MR) is 67.6 cm³/mol. The molecule has 1 heterocycles. The molecule has 0 saturated heterocycles. The third kappa shape index (κ3) is 2.16. The number of hydrogen-bond donors (Lipinski definition) is 1. The molecule has 1 N–H and O–H groups in total. The molecule has 0 aliphatic heterocycles. The zero-order chi connectivity index (χ0) is 13.3. The normalized spacial score (nSPS) is 10.1. The molecule has 0 amide bonds. The minimum absolute atomic E-state index is 0.199. The lowest BCUT2D eigenvalue weighted by Gasteiger charge is -1.99. The lowest BCUT2D eigenvalue weighted by atomic mass is 10.1. The number of nitro groups is 1. The van der Waals surface area contributed by atoms with Crippen molar-refractivity contribution < 1.29 is 4.92 Å². The van der Waals surface area contributed by atoms with Gasteiger partial charge in [0.25, 0.3) is 0 Å². The van der Waals surface area contributed by atoms with Crippen molar-refractivity contribution in [2.24, 2.45) is 0 Å². The van der Waals surface area contributed by atoms with Gasteiger partial charge in [-0.25, -0.2) is 4.98 Å². The van der Waals surface area contributed by atoms with E-state index in [2.05, 4.69) is 4.98 Å². The van der Waals surface area contributed by atoms with E-state index < -0.39 is 4.92 Å². The topological polar surface area (TPSA) is 82.7 Å². The van der Waals surface area contributed by atoms with Crippen molar-refractivity contribution in [1.82, 2.24) is 4.98 Å². The molecule has 0 bridgehead atoms. The van der Waals surface area contributed by atoms with E-state index in [0.29, 0.717) is 16.8 Å². The van der Waals surface area contributed by atoms with Gasteiger partial charge in [-0.1, -0.05) is 23.2 Å². The summed E-state index contributed by atoms with van der Waals surface area (Å²) in [6, 6.07) is 7.83. The smallest absolute Gasteiger partial charge is 0.322 e. The first-order chi connectivity index (χ1) is 8.52. The number of benzene rings is 1. The quantitative estimate of drug-likeness (QED) is 0.672. The zero-order valence-electron chi connectivity index (χ0n) is 8.78. The summed E-state index contributed by atoms with van der Waals surface area (Å²) in [7, 11) is 0. The molecule has 0 spiro atoms. The number of aromatic amines is 1. The molecule has 90 valence electrons. The van der Waals surface area contributed by atoms with Crippen molar-refractivity contribution in [3.63, 3.8) is 0 Å². The van der Waals surface area contributed by atoms with E-state index in [9.17, 15) is 10.1 Å². The fourth-order valence-corrected chi connectivity index (χ4v) is 1.97. The van der Waals surface area contributed by atoms with E-state index in [1.54, 1.807) is 6.07 Å². The molecule has 0 radical (unpaired) electrons. The second-order valence-electron chi connectivity index (χ2n) is 3.44. The number of aromatic nitrogens is 1. The van der Waals surface area contributed by atoms with Crippen LogP contribution in [0.3, 0.4) is 0 Å². The fraction of sp³-hybridized carbons (Fsp3) is 0. The molecule has 0 atom stereocenters. The summed E-state index contributed by atoms with van der Waals surface area (Å²) >= 11 is 11.8. The second-order valence-corrected chi connectivity index (χ2v) is 4.26. The van der Waals surface area contributed by atoms with Gasteiger partial charge < -0.3 is 10.1 Å². The monoisotopic (exact) mass is 281 g/mol. The van der Waals surface area contributed by atoms with E-state index in [4.69, 9.17) is 28.5 Å². The summed E-state index contributed by atoms with van der Waals surface area (Å²) in [5, 5.41) is 19.9. The van der Waals surface area contributed by atoms with Crippen molar-refractivity contribution in [1.29, 1.82) is 5.26 Å². The Bertz CT molecular complexity index is 673. The van der Waals surface area contributed by atoms with Crippen LogP contribution in [-0.2, 0) is 0 Å². The Hall–Kier alpha value is -2.03. The number of rotatable bonds is 2. The third-order valence-electron chi connectivity index (χ3n) is 2.33. The maximum atomic E-state index is 10.6. The Morgan fingerprint density at radius 2 is 2.00 bits per heavy atom. The van der Waals surface area contributed by atoms with Crippen molar-refractivity contribution >= 4 is 29.0 Å². The minimum atomic E-state index is -0.569. The molecule has 0 unspecified atom stereocenters. The van der Waals surface area contributed by atoms with Crippen LogP contribution in [0, 0.1) is 21.4 Å². The standard InChI is InChI=1S/C11H5Cl2N3O2/c12-8-3-6(1-2-7(8)5-14)11-9(13)4-10(15-11)16(17)18/h1-4,15H. The van der Waals surface area contributed by atoms with Crippen LogP contribution < -0.4 is 0 Å². The van der Waals surface area contributed by atoms with Gasteiger partial charge in [-0.05, 0) is 23.1 Å². The summed E-state index contributed by atoms with van der Waals surface area (Å²) in [6.07, 6.45) is 0. The highest BCUT2D eigenvalue weighted by Gasteiger charge is 2.17.